The lowest BCUT2D eigenvalue weighted by Gasteiger charge is -2.35. The number of pyridine rings is 1. The van der Waals surface area contributed by atoms with Crippen molar-refractivity contribution in [3.05, 3.63) is 23.3 Å². The molecule has 0 bridgehead atoms. The molecule has 1 N–H and O–H groups in total. The molecule has 0 spiro atoms. The van der Waals surface area contributed by atoms with Crippen LogP contribution in [0.1, 0.15) is 45.5 Å². The van der Waals surface area contributed by atoms with E-state index in [0.717, 1.165) is 42.0 Å². The predicted molar refractivity (Wildman–Crippen MR) is 111 cm³/mol. The van der Waals surface area contributed by atoms with Crippen LogP contribution in [0.25, 0.3) is 0 Å². The third-order valence-corrected chi connectivity index (χ3v) is 5.79. The third kappa shape index (κ3) is 4.74. The number of carbonyl (C=O) groups is 1. The van der Waals surface area contributed by atoms with Crippen LogP contribution in [0.2, 0.25) is 0 Å². The number of aromatic nitrogens is 3. The Morgan fingerprint density at radius 3 is 2.30 bits per heavy atom. The van der Waals surface area contributed by atoms with Crippen molar-refractivity contribution in [2.45, 2.75) is 40.5 Å². The Labute approximate surface area is 164 Å². The maximum atomic E-state index is 12.1. The molecule has 146 valence electrons. The quantitative estimate of drug-likeness (QED) is 0.866. The van der Waals surface area contributed by atoms with E-state index in [1.165, 1.54) is 0 Å². The summed E-state index contributed by atoms with van der Waals surface area (Å²) in [5.74, 6) is 0.975. The normalized spacial score (nSPS) is 15.3. The van der Waals surface area contributed by atoms with Gasteiger partial charge < -0.3 is 15.1 Å². The maximum Gasteiger partial charge on any atom is 0.230 e. The van der Waals surface area contributed by atoms with E-state index < -0.39 is 5.41 Å². The molecule has 8 heteroatoms. The first-order valence-corrected chi connectivity index (χ1v) is 10.2. The molecule has 0 atom stereocenters. The first kappa shape index (κ1) is 19.5. The van der Waals surface area contributed by atoms with Crippen molar-refractivity contribution in [3.63, 3.8) is 0 Å². The molecule has 1 saturated heterocycles. The van der Waals surface area contributed by atoms with Gasteiger partial charge in [0.15, 0.2) is 0 Å². The lowest BCUT2D eigenvalue weighted by molar-refractivity contribution is -0.123. The number of hydrogen-bond donors (Lipinski definition) is 1. The molecule has 3 heterocycles. The first-order chi connectivity index (χ1) is 12.7. The van der Waals surface area contributed by atoms with Crippen LogP contribution in [0.3, 0.4) is 0 Å². The molecule has 2 aromatic heterocycles. The minimum absolute atomic E-state index is 0.0332. The minimum Gasteiger partial charge on any atom is -0.367 e. The van der Waals surface area contributed by atoms with Crippen LogP contribution in [0.15, 0.2) is 18.3 Å². The molecule has 0 unspecified atom stereocenters. The van der Waals surface area contributed by atoms with E-state index in [0.29, 0.717) is 11.7 Å². The summed E-state index contributed by atoms with van der Waals surface area (Å²) in [6.45, 7) is 13.6. The topological polar surface area (TPSA) is 74.2 Å². The van der Waals surface area contributed by atoms with Crippen molar-refractivity contribution < 1.29 is 4.79 Å². The Hall–Kier alpha value is -2.22. The second kappa shape index (κ2) is 7.80. The van der Waals surface area contributed by atoms with E-state index in [1.807, 2.05) is 39.1 Å². The van der Waals surface area contributed by atoms with Crippen LogP contribution < -0.4 is 15.1 Å². The van der Waals surface area contributed by atoms with Crippen molar-refractivity contribution in [2.75, 3.05) is 41.3 Å². The lowest BCUT2D eigenvalue weighted by Crippen LogP contribution is -2.46. The van der Waals surface area contributed by atoms with E-state index in [9.17, 15) is 4.79 Å². The maximum absolute atomic E-state index is 12.1. The van der Waals surface area contributed by atoms with Crippen LogP contribution in [-0.4, -0.2) is 47.3 Å². The van der Waals surface area contributed by atoms with Gasteiger partial charge in [-0.15, -0.1) is 10.2 Å². The Balaban J connectivity index is 1.57. The van der Waals surface area contributed by atoms with Gasteiger partial charge in [0.05, 0.1) is 11.9 Å². The number of anilines is 3. The first-order valence-electron chi connectivity index (χ1n) is 9.35. The summed E-state index contributed by atoms with van der Waals surface area (Å²) < 4.78 is 0. The van der Waals surface area contributed by atoms with Gasteiger partial charge in [-0.05, 0) is 12.1 Å². The number of piperazine rings is 1. The number of rotatable bonds is 4. The van der Waals surface area contributed by atoms with Crippen molar-refractivity contribution in [2.24, 2.45) is 5.41 Å². The van der Waals surface area contributed by atoms with Gasteiger partial charge in [-0.3, -0.25) is 4.79 Å². The Morgan fingerprint density at radius 2 is 1.78 bits per heavy atom. The highest BCUT2D eigenvalue weighted by atomic mass is 32.1. The molecule has 27 heavy (non-hydrogen) atoms. The van der Waals surface area contributed by atoms with Gasteiger partial charge in [0.25, 0.3) is 0 Å². The fraction of sp³-hybridized carbons (Fsp3) is 0.579. The van der Waals surface area contributed by atoms with Crippen molar-refractivity contribution in [1.82, 2.24) is 15.2 Å². The van der Waals surface area contributed by atoms with Gasteiger partial charge in [-0.1, -0.05) is 46.0 Å². The van der Waals surface area contributed by atoms with Crippen LogP contribution in [0.4, 0.5) is 16.6 Å². The van der Waals surface area contributed by atoms with E-state index in [4.69, 9.17) is 0 Å². The smallest absolute Gasteiger partial charge is 0.230 e. The summed E-state index contributed by atoms with van der Waals surface area (Å²) in [5, 5.41) is 13.6. The monoisotopic (exact) mass is 388 g/mol. The second-order valence-corrected chi connectivity index (χ2v) is 9.14. The summed E-state index contributed by atoms with van der Waals surface area (Å²) in [7, 11) is 0. The fourth-order valence-electron chi connectivity index (χ4n) is 2.69. The number of nitrogens with zero attached hydrogens (tertiary/aromatic N) is 5. The molecule has 0 aliphatic carbocycles. The SMILES string of the molecule is CC(C)c1nnc(N2CCN(c3ccc(NC(=O)C(C)(C)C)nc3)CC2)s1. The van der Waals surface area contributed by atoms with E-state index in [2.05, 4.69) is 44.1 Å². The molecule has 7 nitrogen and oxygen atoms in total. The van der Waals surface area contributed by atoms with Gasteiger partial charge in [-0.2, -0.15) is 0 Å². The molecule has 1 aliphatic rings. The predicted octanol–water partition coefficient (Wildman–Crippen LogP) is 3.37. The fourth-order valence-corrected chi connectivity index (χ4v) is 3.59. The van der Waals surface area contributed by atoms with Crippen LogP contribution >= 0.6 is 11.3 Å². The Bertz CT molecular complexity index is 772. The van der Waals surface area contributed by atoms with Crippen LogP contribution in [0, 0.1) is 5.41 Å². The van der Waals surface area contributed by atoms with Gasteiger partial charge in [0, 0.05) is 37.5 Å². The zero-order chi connectivity index (χ0) is 19.6. The molecule has 1 fully saturated rings. The van der Waals surface area contributed by atoms with E-state index >= 15 is 0 Å². The average Bonchev–Trinajstić information content (AvgIpc) is 3.12. The zero-order valence-electron chi connectivity index (χ0n) is 16.7. The van der Waals surface area contributed by atoms with Gasteiger partial charge in [0.2, 0.25) is 11.0 Å². The minimum atomic E-state index is -0.434. The van der Waals surface area contributed by atoms with Gasteiger partial charge >= 0.3 is 0 Å². The highest BCUT2D eigenvalue weighted by Gasteiger charge is 2.23. The van der Waals surface area contributed by atoms with Crippen LogP contribution in [0.5, 0.6) is 0 Å². The summed E-state index contributed by atoms with van der Waals surface area (Å²) in [4.78, 5) is 21.1. The third-order valence-electron chi connectivity index (χ3n) is 4.51. The molecule has 0 saturated carbocycles. The van der Waals surface area contributed by atoms with Crippen molar-refractivity contribution in [1.29, 1.82) is 0 Å². The van der Waals surface area contributed by atoms with Gasteiger partial charge in [0.1, 0.15) is 10.8 Å². The highest BCUT2D eigenvalue weighted by molar-refractivity contribution is 7.15. The van der Waals surface area contributed by atoms with Gasteiger partial charge in [-0.25, -0.2) is 4.98 Å². The average molecular weight is 389 g/mol. The number of carbonyl (C=O) groups excluding carboxylic acids is 1. The van der Waals surface area contributed by atoms with Crippen molar-refractivity contribution >= 4 is 33.9 Å². The number of amides is 1. The van der Waals surface area contributed by atoms with E-state index in [1.54, 1.807) is 11.3 Å². The largest absolute Gasteiger partial charge is 0.367 e. The standard InChI is InChI=1S/C19H28N6OS/c1-13(2)16-22-23-18(27-16)25-10-8-24(9-11-25)14-6-7-15(20-12-14)21-17(26)19(3,4)5/h6-7,12-13H,8-11H2,1-5H3,(H,20,21,26). The van der Waals surface area contributed by atoms with Crippen molar-refractivity contribution in [3.8, 4) is 0 Å². The number of hydrogen-bond acceptors (Lipinski definition) is 7. The summed E-state index contributed by atoms with van der Waals surface area (Å²) in [6.07, 6.45) is 1.83. The lowest BCUT2D eigenvalue weighted by atomic mass is 9.96. The highest BCUT2D eigenvalue weighted by Crippen LogP contribution is 2.27. The summed E-state index contributed by atoms with van der Waals surface area (Å²) in [5.41, 5.74) is 0.639. The molecular formula is C19H28N6OS. The molecule has 1 aliphatic heterocycles. The second-order valence-electron chi connectivity index (χ2n) is 8.16. The zero-order valence-corrected chi connectivity index (χ0v) is 17.5. The molecule has 3 rings (SSSR count). The summed E-state index contributed by atoms with van der Waals surface area (Å²) >= 11 is 1.69. The number of nitrogens with one attached hydrogen (secondary N) is 1. The Morgan fingerprint density at radius 1 is 1.11 bits per heavy atom. The molecule has 2 aromatic rings. The van der Waals surface area contributed by atoms with Crippen LogP contribution in [-0.2, 0) is 4.79 Å². The molecular weight excluding hydrogens is 360 g/mol. The molecule has 0 radical (unpaired) electrons. The van der Waals surface area contributed by atoms with E-state index in [-0.39, 0.29) is 5.91 Å². The molecule has 0 aromatic carbocycles. The molecule has 1 amide bonds. The summed E-state index contributed by atoms with van der Waals surface area (Å²) in [6, 6.07) is 3.88. The Kier molecular flexibility index (Phi) is 5.64.